The van der Waals surface area contributed by atoms with Crippen LogP contribution in [0.5, 0.6) is 5.75 Å². The minimum absolute atomic E-state index is 0.299. The molecule has 1 aromatic carbocycles. The molecule has 0 spiro atoms. The molecule has 5 nitrogen and oxygen atoms in total. The van der Waals surface area contributed by atoms with E-state index in [1.165, 1.54) is 0 Å². The molecule has 0 saturated carbocycles. The first kappa shape index (κ1) is 17.9. The van der Waals surface area contributed by atoms with Crippen LogP contribution in [-0.2, 0) is 16.4 Å². The van der Waals surface area contributed by atoms with E-state index in [-0.39, 0.29) is 0 Å². The third kappa shape index (κ3) is 4.53. The monoisotopic (exact) mass is 354 g/mol. The Balaban J connectivity index is 2.11. The molecule has 0 aliphatic rings. The topological polar surface area (TPSA) is 68.3 Å². The Morgan fingerprint density at radius 1 is 1.22 bits per heavy atom. The SMILES string of the molecule is CCOc1cc(C)c(S(=O)(=O)NCCc2csc(C)n2)cc1C. The van der Waals surface area contributed by atoms with E-state index in [1.807, 2.05) is 26.2 Å². The summed E-state index contributed by atoms with van der Waals surface area (Å²) in [4.78, 5) is 4.63. The Morgan fingerprint density at radius 3 is 2.57 bits per heavy atom. The number of sulfonamides is 1. The fraction of sp³-hybridized carbons (Fsp3) is 0.438. The smallest absolute Gasteiger partial charge is 0.240 e. The third-order valence-electron chi connectivity index (χ3n) is 3.40. The van der Waals surface area contributed by atoms with Crippen molar-refractivity contribution in [1.29, 1.82) is 0 Å². The minimum Gasteiger partial charge on any atom is -0.494 e. The van der Waals surface area contributed by atoms with Crippen molar-refractivity contribution in [3.8, 4) is 5.75 Å². The van der Waals surface area contributed by atoms with Gasteiger partial charge in [0.2, 0.25) is 10.0 Å². The van der Waals surface area contributed by atoms with E-state index in [0.717, 1.165) is 22.0 Å². The highest BCUT2D eigenvalue weighted by atomic mass is 32.2. The van der Waals surface area contributed by atoms with E-state index in [1.54, 1.807) is 30.4 Å². The molecule has 0 bridgehead atoms. The summed E-state index contributed by atoms with van der Waals surface area (Å²) < 4.78 is 33.2. The number of aryl methyl sites for hydroxylation is 3. The summed E-state index contributed by atoms with van der Waals surface area (Å²) in [6, 6.07) is 3.44. The van der Waals surface area contributed by atoms with Crippen LogP contribution in [0, 0.1) is 20.8 Å². The van der Waals surface area contributed by atoms with Crippen LogP contribution < -0.4 is 9.46 Å². The van der Waals surface area contributed by atoms with E-state index in [9.17, 15) is 8.42 Å². The molecule has 0 fully saturated rings. The summed E-state index contributed by atoms with van der Waals surface area (Å²) in [5.74, 6) is 0.724. The number of benzene rings is 1. The molecule has 0 unspecified atom stereocenters. The third-order valence-corrected chi connectivity index (χ3v) is 5.83. The number of aromatic nitrogens is 1. The second-order valence-corrected chi connectivity index (χ2v) is 8.12. The largest absolute Gasteiger partial charge is 0.494 e. The van der Waals surface area contributed by atoms with Crippen molar-refractivity contribution >= 4 is 21.4 Å². The van der Waals surface area contributed by atoms with Crippen molar-refractivity contribution in [1.82, 2.24) is 9.71 Å². The standard InChI is InChI=1S/C16H22N2O3S2/c1-5-21-15-8-12(3)16(9-11(15)2)23(19,20)17-7-6-14-10-22-13(4)18-14/h8-10,17H,5-7H2,1-4H3. The molecule has 0 amide bonds. The zero-order valence-corrected chi connectivity index (χ0v) is 15.5. The fourth-order valence-electron chi connectivity index (χ4n) is 2.28. The molecule has 2 aromatic rings. The quantitative estimate of drug-likeness (QED) is 0.830. The molecule has 0 atom stereocenters. The van der Waals surface area contributed by atoms with Crippen molar-refractivity contribution in [2.45, 2.75) is 39.0 Å². The molecule has 7 heteroatoms. The van der Waals surface area contributed by atoms with Gasteiger partial charge in [0, 0.05) is 18.3 Å². The average molecular weight is 354 g/mol. The Morgan fingerprint density at radius 2 is 1.96 bits per heavy atom. The maximum Gasteiger partial charge on any atom is 0.240 e. The van der Waals surface area contributed by atoms with Gasteiger partial charge >= 0.3 is 0 Å². The van der Waals surface area contributed by atoms with Crippen LogP contribution in [-0.4, -0.2) is 26.6 Å². The number of hydrogen-bond donors (Lipinski definition) is 1. The zero-order chi connectivity index (χ0) is 17.0. The average Bonchev–Trinajstić information content (AvgIpc) is 2.88. The Bertz CT molecular complexity index is 783. The van der Waals surface area contributed by atoms with Gasteiger partial charge in [0.15, 0.2) is 0 Å². The van der Waals surface area contributed by atoms with Crippen molar-refractivity contribution in [3.05, 3.63) is 39.3 Å². The molecule has 2 rings (SSSR count). The van der Waals surface area contributed by atoms with Crippen LogP contribution in [0.1, 0.15) is 28.8 Å². The summed E-state index contributed by atoms with van der Waals surface area (Å²) in [5.41, 5.74) is 2.40. The van der Waals surface area contributed by atoms with Gasteiger partial charge in [-0.05, 0) is 51.0 Å². The highest BCUT2D eigenvalue weighted by Crippen LogP contribution is 2.25. The molecule has 126 valence electrons. The van der Waals surface area contributed by atoms with Gasteiger partial charge in [-0.25, -0.2) is 18.1 Å². The van der Waals surface area contributed by atoms with Crippen LogP contribution in [0.25, 0.3) is 0 Å². The van der Waals surface area contributed by atoms with Gasteiger partial charge in [-0.2, -0.15) is 0 Å². The fourth-order valence-corrected chi connectivity index (χ4v) is 4.27. The normalized spacial score (nSPS) is 11.7. The van der Waals surface area contributed by atoms with Gasteiger partial charge in [-0.1, -0.05) is 0 Å². The predicted molar refractivity (Wildman–Crippen MR) is 92.8 cm³/mol. The van der Waals surface area contributed by atoms with Crippen molar-refractivity contribution in [3.63, 3.8) is 0 Å². The van der Waals surface area contributed by atoms with Gasteiger partial charge in [0.1, 0.15) is 5.75 Å². The van der Waals surface area contributed by atoms with Crippen LogP contribution in [0.3, 0.4) is 0 Å². The van der Waals surface area contributed by atoms with Crippen molar-refractivity contribution < 1.29 is 13.2 Å². The molecule has 1 N–H and O–H groups in total. The van der Waals surface area contributed by atoms with Crippen LogP contribution in [0.4, 0.5) is 0 Å². The van der Waals surface area contributed by atoms with Gasteiger partial charge < -0.3 is 4.74 Å². The first-order chi connectivity index (χ1) is 10.8. The summed E-state index contributed by atoms with van der Waals surface area (Å²) in [5, 5.41) is 2.94. The van der Waals surface area contributed by atoms with E-state index in [2.05, 4.69) is 9.71 Å². The lowest BCUT2D eigenvalue weighted by molar-refractivity contribution is 0.337. The van der Waals surface area contributed by atoms with Gasteiger partial charge in [0.05, 0.1) is 22.2 Å². The second kappa shape index (κ2) is 7.42. The number of rotatable bonds is 7. The van der Waals surface area contributed by atoms with Gasteiger partial charge in [0.25, 0.3) is 0 Å². The van der Waals surface area contributed by atoms with Gasteiger partial charge in [-0.15, -0.1) is 11.3 Å². The van der Waals surface area contributed by atoms with Gasteiger partial charge in [-0.3, -0.25) is 0 Å². The lowest BCUT2D eigenvalue weighted by atomic mass is 10.1. The zero-order valence-electron chi connectivity index (χ0n) is 13.8. The first-order valence-corrected chi connectivity index (χ1v) is 9.84. The Labute approximate surface area is 141 Å². The predicted octanol–water partition coefficient (Wildman–Crippen LogP) is 2.99. The number of thiazole rings is 1. The molecular weight excluding hydrogens is 332 g/mol. The van der Waals surface area contributed by atoms with Crippen LogP contribution in [0.2, 0.25) is 0 Å². The Hall–Kier alpha value is -1.44. The maximum atomic E-state index is 12.5. The maximum absolute atomic E-state index is 12.5. The molecule has 1 aromatic heterocycles. The second-order valence-electron chi connectivity index (χ2n) is 5.32. The first-order valence-electron chi connectivity index (χ1n) is 7.48. The molecule has 23 heavy (non-hydrogen) atoms. The molecule has 0 radical (unpaired) electrons. The molecule has 0 aliphatic heterocycles. The number of hydrogen-bond acceptors (Lipinski definition) is 5. The van der Waals surface area contributed by atoms with E-state index in [0.29, 0.717) is 30.0 Å². The summed E-state index contributed by atoms with van der Waals surface area (Å²) in [7, 11) is -3.54. The van der Waals surface area contributed by atoms with Crippen LogP contribution >= 0.6 is 11.3 Å². The highest BCUT2D eigenvalue weighted by molar-refractivity contribution is 7.89. The summed E-state index contributed by atoms with van der Waals surface area (Å²) in [6.45, 7) is 8.35. The lowest BCUT2D eigenvalue weighted by Gasteiger charge is -2.13. The minimum atomic E-state index is -3.54. The molecule has 0 saturated heterocycles. The Kier molecular flexibility index (Phi) is 5.78. The van der Waals surface area contributed by atoms with Crippen molar-refractivity contribution in [2.24, 2.45) is 0 Å². The van der Waals surface area contributed by atoms with E-state index in [4.69, 9.17) is 4.74 Å². The van der Waals surface area contributed by atoms with E-state index >= 15 is 0 Å². The summed E-state index contributed by atoms with van der Waals surface area (Å²) >= 11 is 1.57. The lowest BCUT2D eigenvalue weighted by Crippen LogP contribution is -2.26. The number of ether oxygens (including phenoxy) is 1. The van der Waals surface area contributed by atoms with E-state index < -0.39 is 10.0 Å². The molecule has 1 heterocycles. The highest BCUT2D eigenvalue weighted by Gasteiger charge is 2.18. The molecule has 0 aliphatic carbocycles. The van der Waals surface area contributed by atoms with Crippen LogP contribution in [0.15, 0.2) is 22.4 Å². The number of nitrogens with zero attached hydrogens (tertiary/aromatic N) is 1. The summed E-state index contributed by atoms with van der Waals surface area (Å²) in [6.07, 6.45) is 0.582. The number of nitrogens with one attached hydrogen (secondary N) is 1. The molecular formula is C16H22N2O3S2. The van der Waals surface area contributed by atoms with Crippen molar-refractivity contribution in [2.75, 3.05) is 13.2 Å².